The summed E-state index contributed by atoms with van der Waals surface area (Å²) in [6, 6.07) is 1.30. The zero-order valence-electron chi connectivity index (χ0n) is 11.5. The van der Waals surface area contributed by atoms with Crippen LogP contribution in [0.3, 0.4) is 0 Å². The molecular formula is C12H19F3N4O. The van der Waals surface area contributed by atoms with Crippen LogP contribution < -0.4 is 10.6 Å². The number of alkyl halides is 3. The molecule has 3 N–H and O–H groups in total. The Morgan fingerprint density at radius 3 is 2.40 bits per heavy atom. The van der Waals surface area contributed by atoms with Crippen LogP contribution in [0.2, 0.25) is 0 Å². The first kappa shape index (κ1) is 16.5. The molecule has 1 aromatic rings. The Labute approximate surface area is 115 Å². The van der Waals surface area contributed by atoms with Crippen molar-refractivity contribution in [3.63, 3.8) is 0 Å². The molecule has 1 atom stereocenters. The lowest BCUT2D eigenvalue weighted by Gasteiger charge is -2.18. The highest BCUT2D eigenvalue weighted by Gasteiger charge is 2.35. The highest BCUT2D eigenvalue weighted by atomic mass is 19.4. The summed E-state index contributed by atoms with van der Waals surface area (Å²) in [5, 5.41) is 14.5. The van der Waals surface area contributed by atoms with E-state index in [1.165, 1.54) is 6.07 Å². The van der Waals surface area contributed by atoms with Crippen molar-refractivity contribution in [3.8, 4) is 0 Å². The molecule has 0 aliphatic rings. The first-order valence-corrected chi connectivity index (χ1v) is 6.48. The number of nitrogens with one attached hydrogen (secondary N) is 2. The van der Waals surface area contributed by atoms with Crippen LogP contribution in [0.25, 0.3) is 0 Å². The van der Waals surface area contributed by atoms with Crippen molar-refractivity contribution < 1.29 is 18.3 Å². The van der Waals surface area contributed by atoms with Gasteiger partial charge in [0.25, 0.3) is 0 Å². The number of hydrogen-bond acceptors (Lipinski definition) is 5. The molecule has 1 unspecified atom stereocenters. The van der Waals surface area contributed by atoms with E-state index in [-0.39, 0.29) is 24.3 Å². The van der Waals surface area contributed by atoms with E-state index in [0.717, 1.165) is 0 Å². The van der Waals surface area contributed by atoms with Crippen molar-refractivity contribution in [3.05, 3.63) is 11.9 Å². The maximum absolute atomic E-state index is 12.7. The molecule has 0 bridgehead atoms. The molecule has 0 radical (unpaired) electrons. The fraction of sp³-hybridized carbons (Fsp3) is 0.667. The van der Waals surface area contributed by atoms with Crippen molar-refractivity contribution in [2.24, 2.45) is 0 Å². The fourth-order valence-electron chi connectivity index (χ4n) is 1.66. The summed E-state index contributed by atoms with van der Waals surface area (Å²) in [6.45, 7) is 4.07. The molecule has 1 heterocycles. The molecule has 1 rings (SSSR count). The van der Waals surface area contributed by atoms with Gasteiger partial charge < -0.3 is 15.7 Å². The predicted molar refractivity (Wildman–Crippen MR) is 70.6 cm³/mol. The summed E-state index contributed by atoms with van der Waals surface area (Å²) in [5.74, 6) is -0.961. The lowest BCUT2D eigenvalue weighted by atomic mass is 10.1. The van der Waals surface area contributed by atoms with Gasteiger partial charge in [0.05, 0.1) is 0 Å². The van der Waals surface area contributed by atoms with Gasteiger partial charge in [-0.3, -0.25) is 0 Å². The second-order valence-corrected chi connectivity index (χ2v) is 4.25. The first-order chi connectivity index (χ1) is 9.40. The van der Waals surface area contributed by atoms with Crippen molar-refractivity contribution >= 4 is 11.6 Å². The average molecular weight is 292 g/mol. The molecule has 0 aromatic carbocycles. The van der Waals surface area contributed by atoms with Gasteiger partial charge >= 0.3 is 6.18 Å². The summed E-state index contributed by atoms with van der Waals surface area (Å²) in [4.78, 5) is 6.92. The summed E-state index contributed by atoms with van der Waals surface area (Å²) in [7, 11) is 0. The Morgan fingerprint density at radius 1 is 1.25 bits per heavy atom. The number of rotatable bonds is 7. The molecule has 1 aromatic heterocycles. The quantitative estimate of drug-likeness (QED) is 0.720. The SMILES string of the molecule is CCNc1cc(NC(CC)CCO)nc(C(F)(F)F)n1. The molecule has 0 aliphatic carbocycles. The molecule has 114 valence electrons. The minimum Gasteiger partial charge on any atom is -0.396 e. The number of hydrogen-bond donors (Lipinski definition) is 3. The third kappa shape index (κ3) is 4.84. The lowest BCUT2D eigenvalue weighted by molar-refractivity contribution is -0.144. The zero-order chi connectivity index (χ0) is 15.2. The lowest BCUT2D eigenvalue weighted by Crippen LogP contribution is -2.22. The van der Waals surface area contributed by atoms with Crippen LogP contribution in [0.1, 0.15) is 32.5 Å². The molecule has 0 spiro atoms. The maximum Gasteiger partial charge on any atom is 0.451 e. The van der Waals surface area contributed by atoms with E-state index in [4.69, 9.17) is 5.11 Å². The highest BCUT2D eigenvalue weighted by molar-refractivity contribution is 5.48. The number of nitrogens with zero attached hydrogens (tertiary/aromatic N) is 2. The summed E-state index contributed by atoms with van der Waals surface area (Å²) < 4.78 is 38.2. The molecule has 20 heavy (non-hydrogen) atoms. The largest absolute Gasteiger partial charge is 0.451 e. The number of halogens is 3. The minimum absolute atomic E-state index is 0.0389. The van der Waals surface area contributed by atoms with Gasteiger partial charge in [0.1, 0.15) is 11.6 Å². The Kier molecular flexibility index (Phi) is 6.00. The van der Waals surface area contributed by atoms with E-state index in [2.05, 4.69) is 20.6 Å². The Hall–Kier alpha value is -1.57. The van der Waals surface area contributed by atoms with E-state index < -0.39 is 12.0 Å². The molecule has 0 fully saturated rings. The number of aliphatic hydroxyl groups excluding tert-OH is 1. The standard InChI is InChI=1S/C12H19F3N4O/c1-3-8(5-6-20)17-10-7-9(16-4-2)18-11(19-10)12(13,14)15/h7-8,20H,3-6H2,1-2H3,(H2,16,17,18,19). The summed E-state index contributed by atoms with van der Waals surface area (Å²) >= 11 is 0. The van der Waals surface area contributed by atoms with Crippen LogP contribution >= 0.6 is 0 Å². The van der Waals surface area contributed by atoms with Gasteiger partial charge in [0.2, 0.25) is 5.82 Å². The Balaban J connectivity index is 3.02. The number of aromatic nitrogens is 2. The van der Waals surface area contributed by atoms with E-state index in [1.807, 2.05) is 6.92 Å². The Bertz CT molecular complexity index is 426. The van der Waals surface area contributed by atoms with Crippen LogP contribution in [0, 0.1) is 0 Å². The minimum atomic E-state index is -4.60. The van der Waals surface area contributed by atoms with Gasteiger partial charge in [-0.25, -0.2) is 9.97 Å². The van der Waals surface area contributed by atoms with Crippen LogP contribution in [0.4, 0.5) is 24.8 Å². The summed E-state index contributed by atoms with van der Waals surface area (Å²) in [6.07, 6.45) is -3.48. The third-order valence-electron chi connectivity index (χ3n) is 2.66. The molecule has 0 aliphatic heterocycles. The molecule has 8 heteroatoms. The normalized spacial score (nSPS) is 13.1. The van der Waals surface area contributed by atoms with Gasteiger partial charge in [-0.05, 0) is 19.8 Å². The van der Waals surface area contributed by atoms with Gasteiger partial charge in [0.15, 0.2) is 0 Å². The third-order valence-corrected chi connectivity index (χ3v) is 2.66. The number of aliphatic hydroxyl groups is 1. The van der Waals surface area contributed by atoms with Crippen molar-refractivity contribution in [1.29, 1.82) is 0 Å². The molecule has 5 nitrogen and oxygen atoms in total. The molecule has 0 saturated heterocycles. The fourth-order valence-corrected chi connectivity index (χ4v) is 1.66. The summed E-state index contributed by atoms with van der Waals surface area (Å²) in [5.41, 5.74) is 0. The van der Waals surface area contributed by atoms with Crippen molar-refractivity contribution in [2.75, 3.05) is 23.8 Å². The average Bonchev–Trinajstić information content (AvgIpc) is 2.37. The Morgan fingerprint density at radius 2 is 1.90 bits per heavy atom. The van der Waals surface area contributed by atoms with E-state index in [1.54, 1.807) is 6.92 Å². The van der Waals surface area contributed by atoms with Gasteiger partial charge in [-0.1, -0.05) is 6.92 Å². The zero-order valence-corrected chi connectivity index (χ0v) is 11.5. The predicted octanol–water partition coefficient (Wildman–Crippen LogP) is 2.50. The second-order valence-electron chi connectivity index (χ2n) is 4.25. The first-order valence-electron chi connectivity index (χ1n) is 6.48. The van der Waals surface area contributed by atoms with Crippen molar-refractivity contribution in [1.82, 2.24) is 9.97 Å². The number of anilines is 2. The monoisotopic (exact) mass is 292 g/mol. The van der Waals surface area contributed by atoms with Crippen molar-refractivity contribution in [2.45, 2.75) is 38.9 Å². The van der Waals surface area contributed by atoms with Crippen LogP contribution in [-0.2, 0) is 6.18 Å². The second kappa shape index (κ2) is 7.28. The van der Waals surface area contributed by atoms with E-state index >= 15 is 0 Å². The molecular weight excluding hydrogens is 273 g/mol. The smallest absolute Gasteiger partial charge is 0.396 e. The topological polar surface area (TPSA) is 70.1 Å². The van der Waals surface area contributed by atoms with Crippen LogP contribution in [0.5, 0.6) is 0 Å². The van der Waals surface area contributed by atoms with E-state index in [0.29, 0.717) is 19.4 Å². The molecule has 0 saturated carbocycles. The molecule has 0 amide bonds. The van der Waals surface area contributed by atoms with E-state index in [9.17, 15) is 13.2 Å². The maximum atomic E-state index is 12.7. The van der Waals surface area contributed by atoms with Crippen LogP contribution in [0.15, 0.2) is 6.07 Å². The van der Waals surface area contributed by atoms with Gasteiger partial charge in [-0.2, -0.15) is 13.2 Å². The highest BCUT2D eigenvalue weighted by Crippen LogP contribution is 2.28. The van der Waals surface area contributed by atoms with Gasteiger partial charge in [0, 0.05) is 25.3 Å². The van der Waals surface area contributed by atoms with Gasteiger partial charge in [-0.15, -0.1) is 0 Å². The van der Waals surface area contributed by atoms with Crippen LogP contribution in [-0.4, -0.2) is 34.3 Å².